The van der Waals surface area contributed by atoms with Gasteiger partial charge in [-0.3, -0.25) is 0 Å². The molecule has 0 amide bonds. The Morgan fingerprint density at radius 2 is 1.76 bits per heavy atom. The molecule has 0 spiro atoms. The normalized spacial score (nSPS) is 10.6. The third-order valence-electron chi connectivity index (χ3n) is 2.36. The van der Waals surface area contributed by atoms with Gasteiger partial charge in [-0.1, -0.05) is 35.3 Å². The molecule has 4 N–H and O–H groups in total. The summed E-state index contributed by atoms with van der Waals surface area (Å²) in [7, 11) is 0. The van der Waals surface area contributed by atoms with E-state index in [-0.39, 0.29) is 5.96 Å². The molecule has 2 rings (SSSR count). The Labute approximate surface area is 131 Å². The minimum Gasteiger partial charge on any atom is -0.457 e. The maximum absolute atomic E-state index is 5.94. The molecule has 0 saturated heterocycles. The maximum Gasteiger partial charge on any atom is 0.211 e. The van der Waals surface area contributed by atoms with Crippen LogP contribution in [0, 0.1) is 0 Å². The highest BCUT2D eigenvalue weighted by Crippen LogP contribution is 2.29. The quantitative estimate of drug-likeness (QED) is 0.514. The van der Waals surface area contributed by atoms with Gasteiger partial charge in [0.25, 0.3) is 0 Å². The number of nitrogens with two attached hydrogens (primary N) is 2. The van der Waals surface area contributed by atoms with Gasteiger partial charge >= 0.3 is 0 Å². The van der Waals surface area contributed by atoms with Crippen LogP contribution in [0.15, 0.2) is 52.7 Å². The second kappa shape index (κ2) is 6.97. The second-order valence-corrected chi connectivity index (χ2v) is 4.83. The van der Waals surface area contributed by atoms with Crippen LogP contribution in [0.2, 0.25) is 10.0 Å². The van der Waals surface area contributed by atoms with E-state index in [1.165, 1.54) is 6.21 Å². The first-order chi connectivity index (χ1) is 10.0. The molecule has 108 valence electrons. The van der Waals surface area contributed by atoms with E-state index in [1.807, 2.05) is 12.1 Å². The van der Waals surface area contributed by atoms with E-state index in [4.69, 9.17) is 39.4 Å². The van der Waals surface area contributed by atoms with Crippen LogP contribution in [0.4, 0.5) is 0 Å². The average Bonchev–Trinajstić information content (AvgIpc) is 2.43. The summed E-state index contributed by atoms with van der Waals surface area (Å²) in [5, 5.41) is 8.16. The molecule has 0 heterocycles. The lowest BCUT2D eigenvalue weighted by Crippen LogP contribution is -2.21. The first-order valence-electron chi connectivity index (χ1n) is 5.89. The van der Waals surface area contributed by atoms with E-state index in [0.717, 1.165) is 5.56 Å². The minimum absolute atomic E-state index is 0.102. The topological polar surface area (TPSA) is 86.0 Å². The molecule has 5 nitrogen and oxygen atoms in total. The lowest BCUT2D eigenvalue weighted by atomic mass is 10.2. The molecule has 0 atom stereocenters. The molecule has 2 aromatic rings. The monoisotopic (exact) mass is 322 g/mol. The van der Waals surface area contributed by atoms with Gasteiger partial charge in [0, 0.05) is 6.07 Å². The molecular formula is C14H12Cl2N4O. The Morgan fingerprint density at radius 3 is 2.48 bits per heavy atom. The van der Waals surface area contributed by atoms with Crippen molar-refractivity contribution >= 4 is 35.4 Å². The van der Waals surface area contributed by atoms with Crippen LogP contribution in [0.25, 0.3) is 0 Å². The minimum atomic E-state index is -0.102. The zero-order valence-electron chi connectivity index (χ0n) is 10.8. The van der Waals surface area contributed by atoms with Crippen molar-refractivity contribution in [2.75, 3.05) is 0 Å². The fourth-order valence-corrected chi connectivity index (χ4v) is 1.79. The molecule has 0 aliphatic rings. The van der Waals surface area contributed by atoms with Crippen LogP contribution >= 0.6 is 23.2 Å². The number of hydrogen-bond acceptors (Lipinski definition) is 3. The number of rotatable bonds is 4. The van der Waals surface area contributed by atoms with E-state index >= 15 is 0 Å². The summed E-state index contributed by atoms with van der Waals surface area (Å²) in [4.78, 5) is 0. The highest BCUT2D eigenvalue weighted by atomic mass is 35.5. The van der Waals surface area contributed by atoms with Gasteiger partial charge in [-0.15, -0.1) is 5.10 Å². The number of guanidine groups is 1. The third-order valence-corrected chi connectivity index (χ3v) is 3.10. The van der Waals surface area contributed by atoms with Crippen molar-refractivity contribution in [3.8, 4) is 11.5 Å². The first kappa shape index (κ1) is 15.2. The maximum atomic E-state index is 5.94. The number of halogens is 2. The van der Waals surface area contributed by atoms with Gasteiger partial charge < -0.3 is 16.2 Å². The predicted molar refractivity (Wildman–Crippen MR) is 86.4 cm³/mol. The van der Waals surface area contributed by atoms with Gasteiger partial charge in [0.2, 0.25) is 5.96 Å². The molecule has 0 bridgehead atoms. The van der Waals surface area contributed by atoms with Crippen LogP contribution in [-0.4, -0.2) is 12.2 Å². The van der Waals surface area contributed by atoms with Crippen LogP contribution in [0.1, 0.15) is 5.56 Å². The highest BCUT2D eigenvalue weighted by molar-refractivity contribution is 6.42. The number of nitrogens with zero attached hydrogens (tertiary/aromatic N) is 2. The van der Waals surface area contributed by atoms with E-state index in [0.29, 0.717) is 21.5 Å². The van der Waals surface area contributed by atoms with Crippen LogP contribution < -0.4 is 16.2 Å². The average molecular weight is 323 g/mol. The zero-order chi connectivity index (χ0) is 15.2. The van der Waals surface area contributed by atoms with Gasteiger partial charge in [0.1, 0.15) is 11.5 Å². The molecule has 0 aromatic heterocycles. The molecule has 0 unspecified atom stereocenters. The van der Waals surface area contributed by atoms with Crippen molar-refractivity contribution in [2.24, 2.45) is 21.7 Å². The molecule has 7 heteroatoms. The van der Waals surface area contributed by atoms with E-state index in [9.17, 15) is 0 Å². The van der Waals surface area contributed by atoms with Crippen LogP contribution in [0.5, 0.6) is 11.5 Å². The molecule has 0 saturated carbocycles. The predicted octanol–water partition coefficient (Wildman–Crippen LogP) is 3.39. The number of ether oxygens (including phenoxy) is 1. The smallest absolute Gasteiger partial charge is 0.211 e. The fourth-order valence-electron chi connectivity index (χ4n) is 1.50. The van der Waals surface area contributed by atoms with Crippen molar-refractivity contribution in [2.45, 2.75) is 0 Å². The van der Waals surface area contributed by atoms with Crippen molar-refractivity contribution in [1.82, 2.24) is 0 Å². The molecule has 0 fully saturated rings. The summed E-state index contributed by atoms with van der Waals surface area (Å²) in [5.74, 6) is 1.11. The summed E-state index contributed by atoms with van der Waals surface area (Å²) in [5.41, 5.74) is 11.2. The SMILES string of the molecule is NC(N)=NN=Cc1cccc(Oc2ccc(Cl)c(Cl)c2)c1. The number of benzene rings is 2. The van der Waals surface area contributed by atoms with E-state index < -0.39 is 0 Å². The molecular weight excluding hydrogens is 311 g/mol. The van der Waals surface area contributed by atoms with Crippen molar-refractivity contribution in [3.63, 3.8) is 0 Å². The lowest BCUT2D eigenvalue weighted by molar-refractivity contribution is 0.482. The van der Waals surface area contributed by atoms with Gasteiger partial charge in [0.15, 0.2) is 0 Å². The summed E-state index contributed by atoms with van der Waals surface area (Å²) in [6.45, 7) is 0. The van der Waals surface area contributed by atoms with E-state index in [2.05, 4.69) is 10.2 Å². The van der Waals surface area contributed by atoms with Gasteiger partial charge in [-0.2, -0.15) is 5.10 Å². The van der Waals surface area contributed by atoms with Crippen LogP contribution in [-0.2, 0) is 0 Å². The molecule has 0 radical (unpaired) electrons. The highest BCUT2D eigenvalue weighted by Gasteiger charge is 2.02. The van der Waals surface area contributed by atoms with Crippen LogP contribution in [0.3, 0.4) is 0 Å². The standard InChI is InChI=1S/C14H12Cl2N4O/c15-12-5-4-11(7-13(12)16)21-10-3-1-2-9(6-10)8-19-20-14(17)18/h1-8H,(H4,17,18,20). The molecule has 0 aliphatic heterocycles. The lowest BCUT2D eigenvalue weighted by Gasteiger charge is -2.07. The molecule has 2 aromatic carbocycles. The second-order valence-electron chi connectivity index (χ2n) is 4.02. The van der Waals surface area contributed by atoms with Crippen molar-refractivity contribution in [1.29, 1.82) is 0 Å². The molecule has 0 aliphatic carbocycles. The number of hydrogen-bond donors (Lipinski definition) is 2. The van der Waals surface area contributed by atoms with Crippen molar-refractivity contribution < 1.29 is 4.74 Å². The Hall–Kier alpha value is -2.24. The Kier molecular flexibility index (Phi) is 5.03. The van der Waals surface area contributed by atoms with E-state index in [1.54, 1.807) is 30.3 Å². The molecule has 21 heavy (non-hydrogen) atoms. The third kappa shape index (κ3) is 4.66. The van der Waals surface area contributed by atoms with Gasteiger partial charge in [0.05, 0.1) is 16.3 Å². The fraction of sp³-hybridized carbons (Fsp3) is 0. The van der Waals surface area contributed by atoms with Gasteiger partial charge in [-0.05, 0) is 29.8 Å². The van der Waals surface area contributed by atoms with Gasteiger partial charge in [-0.25, -0.2) is 0 Å². The Morgan fingerprint density at radius 1 is 1.00 bits per heavy atom. The largest absolute Gasteiger partial charge is 0.457 e. The first-order valence-corrected chi connectivity index (χ1v) is 6.65. The summed E-state index contributed by atoms with van der Waals surface area (Å²) >= 11 is 11.8. The zero-order valence-corrected chi connectivity index (χ0v) is 12.3. The summed E-state index contributed by atoms with van der Waals surface area (Å²) in [6, 6.07) is 12.3. The Bertz CT molecular complexity index is 697. The van der Waals surface area contributed by atoms with Crippen molar-refractivity contribution in [3.05, 3.63) is 58.1 Å². The summed E-state index contributed by atoms with van der Waals surface area (Å²) < 4.78 is 5.69. The summed E-state index contributed by atoms with van der Waals surface area (Å²) in [6.07, 6.45) is 1.52. The Balaban J connectivity index is 2.15.